The maximum Gasteiger partial charge on any atom is 0.255 e. The highest BCUT2D eigenvalue weighted by molar-refractivity contribution is 8.00. The van der Waals surface area contributed by atoms with Crippen LogP contribution in [-0.2, 0) is 0 Å². The van der Waals surface area contributed by atoms with Gasteiger partial charge in [-0.05, 0) is 37.7 Å². The molecule has 0 radical (unpaired) electrons. The van der Waals surface area contributed by atoms with E-state index in [1.54, 1.807) is 25.1 Å². The lowest BCUT2D eigenvalue weighted by atomic mass is 10.1. The van der Waals surface area contributed by atoms with Crippen LogP contribution in [0.15, 0.2) is 18.2 Å². The number of thioether (sulfide) groups is 1. The topological polar surface area (TPSA) is 49.3 Å². The van der Waals surface area contributed by atoms with Crippen LogP contribution < -0.4 is 5.32 Å². The summed E-state index contributed by atoms with van der Waals surface area (Å²) in [5, 5.41) is 12.9. The fourth-order valence-electron chi connectivity index (χ4n) is 2.65. The standard InChI is InChI=1S/C15H21NO2S/c1-11-6-5-7-12(13(11)17)14(18)16-10-15(19-2)8-3-4-9-15/h5-7,17H,3-4,8-10H2,1-2H3,(H,16,18). The number of benzene rings is 1. The monoisotopic (exact) mass is 279 g/mol. The molecular formula is C15H21NO2S. The van der Waals surface area contributed by atoms with Crippen LogP contribution >= 0.6 is 11.8 Å². The average Bonchev–Trinajstić information content (AvgIpc) is 2.89. The molecule has 104 valence electrons. The van der Waals surface area contributed by atoms with E-state index >= 15 is 0 Å². The smallest absolute Gasteiger partial charge is 0.255 e. The maximum absolute atomic E-state index is 12.2. The zero-order chi connectivity index (χ0) is 13.9. The SMILES string of the molecule is CSC1(CNC(=O)c2cccc(C)c2O)CCCC1. The van der Waals surface area contributed by atoms with Crippen LogP contribution in [0.2, 0.25) is 0 Å². The summed E-state index contributed by atoms with van der Waals surface area (Å²) in [6.45, 7) is 2.48. The van der Waals surface area contributed by atoms with Crippen LogP contribution in [0, 0.1) is 6.92 Å². The van der Waals surface area contributed by atoms with Crippen molar-refractivity contribution in [3.8, 4) is 5.75 Å². The zero-order valence-electron chi connectivity index (χ0n) is 11.5. The summed E-state index contributed by atoms with van der Waals surface area (Å²) < 4.78 is 0.190. The van der Waals surface area contributed by atoms with Gasteiger partial charge in [-0.25, -0.2) is 0 Å². The lowest BCUT2D eigenvalue weighted by molar-refractivity contribution is 0.0947. The normalized spacial score (nSPS) is 17.4. The predicted molar refractivity (Wildman–Crippen MR) is 79.9 cm³/mol. The van der Waals surface area contributed by atoms with Crippen molar-refractivity contribution < 1.29 is 9.90 Å². The molecule has 1 fully saturated rings. The van der Waals surface area contributed by atoms with Crippen LogP contribution in [0.25, 0.3) is 0 Å². The Hall–Kier alpha value is -1.16. The van der Waals surface area contributed by atoms with Crippen molar-refractivity contribution in [2.75, 3.05) is 12.8 Å². The lowest BCUT2D eigenvalue weighted by Crippen LogP contribution is -2.38. The van der Waals surface area contributed by atoms with Crippen LogP contribution in [0.3, 0.4) is 0 Å². The van der Waals surface area contributed by atoms with Gasteiger partial charge in [-0.15, -0.1) is 0 Å². The van der Waals surface area contributed by atoms with E-state index in [2.05, 4.69) is 11.6 Å². The molecule has 1 aromatic rings. The van der Waals surface area contributed by atoms with Gasteiger partial charge in [0.2, 0.25) is 0 Å². The van der Waals surface area contributed by atoms with Crippen LogP contribution in [-0.4, -0.2) is 28.6 Å². The molecular weight excluding hydrogens is 258 g/mol. The van der Waals surface area contributed by atoms with Crippen molar-refractivity contribution in [2.45, 2.75) is 37.4 Å². The Bertz CT molecular complexity index is 467. The number of aryl methyl sites for hydroxylation is 1. The number of phenols is 1. The Kier molecular flexibility index (Phi) is 4.40. The van der Waals surface area contributed by atoms with E-state index in [4.69, 9.17) is 0 Å². The van der Waals surface area contributed by atoms with Gasteiger partial charge in [0.1, 0.15) is 5.75 Å². The summed E-state index contributed by atoms with van der Waals surface area (Å²) in [6, 6.07) is 5.26. The van der Waals surface area contributed by atoms with E-state index in [0.717, 1.165) is 18.4 Å². The molecule has 2 rings (SSSR count). The second-order valence-corrected chi connectivity index (χ2v) is 6.52. The Morgan fingerprint density at radius 2 is 2.11 bits per heavy atom. The molecule has 3 nitrogen and oxygen atoms in total. The van der Waals surface area contributed by atoms with E-state index < -0.39 is 0 Å². The first-order valence-corrected chi connectivity index (χ1v) is 7.92. The average molecular weight is 279 g/mol. The summed E-state index contributed by atoms with van der Waals surface area (Å²) in [7, 11) is 0. The lowest BCUT2D eigenvalue weighted by Gasteiger charge is -2.27. The minimum atomic E-state index is -0.179. The molecule has 1 saturated carbocycles. The largest absolute Gasteiger partial charge is 0.507 e. The first-order valence-electron chi connectivity index (χ1n) is 6.70. The van der Waals surface area contributed by atoms with Crippen molar-refractivity contribution in [2.24, 2.45) is 0 Å². The molecule has 1 aromatic carbocycles. The van der Waals surface area contributed by atoms with Gasteiger partial charge in [-0.3, -0.25) is 4.79 Å². The number of hydrogen-bond acceptors (Lipinski definition) is 3. The summed E-state index contributed by atoms with van der Waals surface area (Å²) in [5.41, 5.74) is 1.10. The molecule has 0 saturated heterocycles. The summed E-state index contributed by atoms with van der Waals surface area (Å²) in [5.74, 6) is -0.0915. The molecule has 1 amide bonds. The second kappa shape index (κ2) is 5.87. The van der Waals surface area contributed by atoms with Gasteiger partial charge in [-0.2, -0.15) is 11.8 Å². The summed E-state index contributed by atoms with van der Waals surface area (Å²) >= 11 is 1.85. The van der Waals surface area contributed by atoms with Gasteiger partial charge in [0.15, 0.2) is 0 Å². The third-order valence-electron chi connectivity index (χ3n) is 4.00. The fraction of sp³-hybridized carbons (Fsp3) is 0.533. The molecule has 0 bridgehead atoms. The van der Waals surface area contributed by atoms with Crippen molar-refractivity contribution in [3.63, 3.8) is 0 Å². The number of carbonyl (C=O) groups excluding carboxylic acids is 1. The van der Waals surface area contributed by atoms with Gasteiger partial charge in [-0.1, -0.05) is 25.0 Å². The number of amides is 1. The first kappa shape index (κ1) is 14.3. The number of para-hydroxylation sites is 1. The van der Waals surface area contributed by atoms with Gasteiger partial charge in [0.05, 0.1) is 5.56 Å². The van der Waals surface area contributed by atoms with Crippen molar-refractivity contribution >= 4 is 17.7 Å². The molecule has 19 heavy (non-hydrogen) atoms. The highest BCUT2D eigenvalue weighted by Crippen LogP contribution is 2.39. The van der Waals surface area contributed by atoms with E-state index in [0.29, 0.717) is 12.1 Å². The number of aromatic hydroxyl groups is 1. The van der Waals surface area contributed by atoms with E-state index in [-0.39, 0.29) is 16.4 Å². The summed E-state index contributed by atoms with van der Waals surface area (Å²) in [4.78, 5) is 12.2. The molecule has 4 heteroatoms. The summed E-state index contributed by atoms with van der Waals surface area (Å²) in [6.07, 6.45) is 6.92. The van der Waals surface area contributed by atoms with Crippen LogP contribution in [0.4, 0.5) is 0 Å². The quantitative estimate of drug-likeness (QED) is 0.890. The highest BCUT2D eigenvalue weighted by atomic mass is 32.2. The molecule has 1 aliphatic carbocycles. The minimum absolute atomic E-state index is 0.0876. The number of rotatable bonds is 4. The number of phenolic OH excluding ortho intramolecular Hbond substituents is 1. The zero-order valence-corrected chi connectivity index (χ0v) is 12.3. The Morgan fingerprint density at radius 1 is 1.42 bits per heavy atom. The number of hydrogen-bond donors (Lipinski definition) is 2. The van der Waals surface area contributed by atoms with Crippen molar-refractivity contribution in [1.82, 2.24) is 5.32 Å². The molecule has 1 aliphatic rings. The van der Waals surface area contributed by atoms with Gasteiger partial charge < -0.3 is 10.4 Å². The van der Waals surface area contributed by atoms with Gasteiger partial charge in [0.25, 0.3) is 5.91 Å². The van der Waals surface area contributed by atoms with Crippen molar-refractivity contribution in [3.05, 3.63) is 29.3 Å². The van der Waals surface area contributed by atoms with Gasteiger partial charge in [0, 0.05) is 11.3 Å². The molecule has 0 spiro atoms. The second-order valence-electron chi connectivity index (χ2n) is 5.25. The molecule has 0 aliphatic heterocycles. The minimum Gasteiger partial charge on any atom is -0.507 e. The van der Waals surface area contributed by atoms with E-state index in [1.807, 2.05) is 11.8 Å². The molecule has 0 atom stereocenters. The Labute approximate surface area is 118 Å². The molecule has 0 aromatic heterocycles. The number of nitrogens with one attached hydrogen (secondary N) is 1. The Balaban J connectivity index is 2.03. The highest BCUT2D eigenvalue weighted by Gasteiger charge is 2.33. The third-order valence-corrected chi connectivity index (χ3v) is 5.42. The van der Waals surface area contributed by atoms with Crippen LogP contribution in [0.1, 0.15) is 41.6 Å². The number of carbonyl (C=O) groups is 1. The molecule has 0 unspecified atom stereocenters. The van der Waals surface area contributed by atoms with Gasteiger partial charge >= 0.3 is 0 Å². The maximum atomic E-state index is 12.2. The van der Waals surface area contributed by atoms with Crippen molar-refractivity contribution in [1.29, 1.82) is 0 Å². The Morgan fingerprint density at radius 3 is 2.74 bits per heavy atom. The first-order chi connectivity index (χ1) is 9.08. The fourth-order valence-corrected chi connectivity index (χ4v) is 3.56. The molecule has 2 N–H and O–H groups in total. The van der Waals surface area contributed by atoms with Crippen LogP contribution in [0.5, 0.6) is 5.75 Å². The third kappa shape index (κ3) is 3.06. The molecule has 0 heterocycles. The van der Waals surface area contributed by atoms with E-state index in [9.17, 15) is 9.90 Å². The van der Waals surface area contributed by atoms with E-state index in [1.165, 1.54) is 12.8 Å². The predicted octanol–water partition coefficient (Wildman–Crippen LogP) is 3.11.